The molecule has 2 aromatic rings. The summed E-state index contributed by atoms with van der Waals surface area (Å²) in [5.74, 6) is -0.252. The van der Waals surface area contributed by atoms with Gasteiger partial charge in [0.2, 0.25) is 0 Å². The fraction of sp³-hybridized carbons (Fsp3) is 0.538. The average molecular weight is 279 g/mol. The molecular formula is C13H17N3O2S. The van der Waals surface area contributed by atoms with Gasteiger partial charge in [-0.2, -0.15) is 0 Å². The highest BCUT2D eigenvalue weighted by Gasteiger charge is 2.34. The summed E-state index contributed by atoms with van der Waals surface area (Å²) in [5.41, 5.74) is 0.305. The van der Waals surface area contributed by atoms with Crippen LogP contribution >= 0.6 is 11.3 Å². The number of carboxylic acid groups (broad SMARTS) is 1. The van der Waals surface area contributed by atoms with Crippen molar-refractivity contribution in [1.29, 1.82) is 0 Å². The molecule has 0 atom stereocenters. The molecule has 2 aromatic heterocycles. The first-order chi connectivity index (χ1) is 9.22. The Hall–Kier alpha value is -1.56. The Bertz CT molecular complexity index is 600. The first-order valence-electron chi connectivity index (χ1n) is 6.68. The van der Waals surface area contributed by atoms with E-state index < -0.39 is 5.97 Å². The number of carboxylic acids is 1. The second-order valence-corrected chi connectivity index (χ2v) is 5.80. The molecule has 1 aliphatic carbocycles. The minimum Gasteiger partial charge on any atom is -0.476 e. The molecule has 0 aromatic carbocycles. The van der Waals surface area contributed by atoms with E-state index in [1.54, 1.807) is 10.6 Å². The number of aromatic carboxylic acids is 1. The number of aromatic nitrogens is 2. The number of rotatable bonds is 6. The first-order valence-corrected chi connectivity index (χ1v) is 7.55. The molecule has 1 saturated carbocycles. The third kappa shape index (κ3) is 2.20. The number of thiazole rings is 1. The molecule has 3 rings (SSSR count). The monoisotopic (exact) mass is 279 g/mol. The SMILES string of the molecule is CCCCN(c1nc2sccn2c1C(=O)O)C1CC1. The molecule has 0 radical (unpaired) electrons. The van der Waals surface area contributed by atoms with Gasteiger partial charge in [-0.15, -0.1) is 11.3 Å². The molecule has 0 bridgehead atoms. The highest BCUT2D eigenvalue weighted by molar-refractivity contribution is 7.15. The standard InChI is InChI=1S/C13H17N3O2S/c1-2-3-6-15(9-4-5-9)11-10(12(17)18)16-7-8-19-13(16)14-11/h7-9H,2-6H2,1H3,(H,17,18). The van der Waals surface area contributed by atoms with Gasteiger partial charge in [-0.1, -0.05) is 13.3 Å². The molecule has 19 heavy (non-hydrogen) atoms. The van der Waals surface area contributed by atoms with E-state index in [1.165, 1.54) is 11.3 Å². The zero-order valence-electron chi connectivity index (χ0n) is 10.9. The molecule has 102 valence electrons. The summed E-state index contributed by atoms with van der Waals surface area (Å²) in [4.78, 5) is 19.0. The van der Waals surface area contributed by atoms with Crippen molar-refractivity contribution in [2.24, 2.45) is 0 Å². The van der Waals surface area contributed by atoms with Crippen LogP contribution in [0.2, 0.25) is 0 Å². The fourth-order valence-electron chi connectivity index (χ4n) is 2.35. The predicted octanol–water partition coefficient (Wildman–Crippen LogP) is 2.86. The maximum absolute atomic E-state index is 11.5. The average Bonchev–Trinajstić information content (AvgIpc) is 2.98. The van der Waals surface area contributed by atoms with Gasteiger partial charge in [0.15, 0.2) is 16.5 Å². The number of unbranched alkanes of at least 4 members (excludes halogenated alkanes) is 1. The molecule has 0 saturated heterocycles. The van der Waals surface area contributed by atoms with Crippen molar-refractivity contribution in [2.75, 3.05) is 11.4 Å². The molecular weight excluding hydrogens is 262 g/mol. The Labute approximate surface area is 115 Å². The van der Waals surface area contributed by atoms with E-state index in [4.69, 9.17) is 0 Å². The van der Waals surface area contributed by atoms with Crippen molar-refractivity contribution in [3.05, 3.63) is 17.3 Å². The van der Waals surface area contributed by atoms with Crippen LogP contribution in [0.5, 0.6) is 0 Å². The zero-order chi connectivity index (χ0) is 13.4. The minimum absolute atomic E-state index is 0.305. The van der Waals surface area contributed by atoms with Crippen LogP contribution in [0.15, 0.2) is 11.6 Å². The van der Waals surface area contributed by atoms with Crippen LogP contribution in [0.25, 0.3) is 4.96 Å². The van der Waals surface area contributed by atoms with Gasteiger partial charge in [0.25, 0.3) is 0 Å². The zero-order valence-corrected chi connectivity index (χ0v) is 11.7. The van der Waals surface area contributed by atoms with E-state index in [9.17, 15) is 9.90 Å². The number of hydrogen-bond acceptors (Lipinski definition) is 4. The van der Waals surface area contributed by atoms with E-state index in [-0.39, 0.29) is 0 Å². The van der Waals surface area contributed by atoms with Gasteiger partial charge >= 0.3 is 5.97 Å². The minimum atomic E-state index is -0.900. The second-order valence-electron chi connectivity index (χ2n) is 4.92. The van der Waals surface area contributed by atoms with Crippen LogP contribution in [0.1, 0.15) is 43.1 Å². The fourth-order valence-corrected chi connectivity index (χ4v) is 3.06. The summed E-state index contributed by atoms with van der Waals surface area (Å²) in [6.45, 7) is 3.04. The Morgan fingerprint density at radius 1 is 1.63 bits per heavy atom. The predicted molar refractivity (Wildman–Crippen MR) is 75.3 cm³/mol. The van der Waals surface area contributed by atoms with Crippen LogP contribution < -0.4 is 4.90 Å². The molecule has 0 aliphatic heterocycles. The lowest BCUT2D eigenvalue weighted by molar-refractivity contribution is 0.0690. The molecule has 6 heteroatoms. The highest BCUT2D eigenvalue weighted by Crippen LogP contribution is 2.34. The lowest BCUT2D eigenvalue weighted by Gasteiger charge is -2.22. The maximum atomic E-state index is 11.5. The van der Waals surface area contributed by atoms with E-state index in [1.807, 2.05) is 5.38 Å². The molecule has 1 aliphatic rings. The van der Waals surface area contributed by atoms with Gasteiger partial charge in [-0.25, -0.2) is 9.78 Å². The Balaban J connectivity index is 2.03. The molecule has 0 amide bonds. The second kappa shape index (κ2) is 4.85. The summed E-state index contributed by atoms with van der Waals surface area (Å²) in [6, 6.07) is 0.481. The Morgan fingerprint density at radius 3 is 3.05 bits per heavy atom. The topological polar surface area (TPSA) is 57.8 Å². The molecule has 1 fully saturated rings. The number of hydrogen-bond donors (Lipinski definition) is 1. The van der Waals surface area contributed by atoms with Crippen LogP contribution in [-0.4, -0.2) is 33.0 Å². The van der Waals surface area contributed by atoms with Crippen molar-refractivity contribution >= 4 is 28.1 Å². The van der Waals surface area contributed by atoms with E-state index in [0.717, 1.165) is 37.2 Å². The highest BCUT2D eigenvalue weighted by atomic mass is 32.1. The smallest absolute Gasteiger partial charge is 0.356 e. The van der Waals surface area contributed by atoms with E-state index in [0.29, 0.717) is 17.6 Å². The third-order valence-electron chi connectivity index (χ3n) is 3.46. The Kier molecular flexibility index (Phi) is 3.18. The maximum Gasteiger partial charge on any atom is 0.356 e. The number of nitrogens with zero attached hydrogens (tertiary/aromatic N) is 3. The van der Waals surface area contributed by atoms with Crippen LogP contribution in [0, 0.1) is 0 Å². The van der Waals surface area contributed by atoms with Crippen molar-refractivity contribution in [3.8, 4) is 0 Å². The number of imidazole rings is 1. The summed E-state index contributed by atoms with van der Waals surface area (Å²) in [6.07, 6.45) is 6.25. The Morgan fingerprint density at radius 2 is 2.42 bits per heavy atom. The van der Waals surface area contributed by atoms with Gasteiger partial charge in [-0.05, 0) is 19.3 Å². The molecule has 1 N–H and O–H groups in total. The van der Waals surface area contributed by atoms with E-state index in [2.05, 4.69) is 16.8 Å². The third-order valence-corrected chi connectivity index (χ3v) is 4.22. The van der Waals surface area contributed by atoms with Gasteiger partial charge in [-0.3, -0.25) is 4.40 Å². The molecule has 0 spiro atoms. The molecule has 5 nitrogen and oxygen atoms in total. The van der Waals surface area contributed by atoms with Gasteiger partial charge < -0.3 is 10.0 Å². The summed E-state index contributed by atoms with van der Waals surface area (Å²) in [7, 11) is 0. The van der Waals surface area contributed by atoms with E-state index >= 15 is 0 Å². The summed E-state index contributed by atoms with van der Waals surface area (Å²) < 4.78 is 1.68. The normalized spacial score (nSPS) is 15.0. The van der Waals surface area contributed by atoms with Gasteiger partial charge in [0.1, 0.15) is 0 Å². The largest absolute Gasteiger partial charge is 0.476 e. The van der Waals surface area contributed by atoms with Crippen LogP contribution in [0.4, 0.5) is 5.82 Å². The van der Waals surface area contributed by atoms with Crippen molar-refractivity contribution < 1.29 is 9.90 Å². The summed E-state index contributed by atoms with van der Waals surface area (Å²) >= 11 is 1.47. The number of anilines is 1. The van der Waals surface area contributed by atoms with Crippen molar-refractivity contribution in [3.63, 3.8) is 0 Å². The van der Waals surface area contributed by atoms with Gasteiger partial charge in [0.05, 0.1) is 0 Å². The van der Waals surface area contributed by atoms with Crippen molar-refractivity contribution in [2.45, 2.75) is 38.6 Å². The first kappa shape index (κ1) is 12.5. The lowest BCUT2D eigenvalue weighted by Crippen LogP contribution is -2.29. The van der Waals surface area contributed by atoms with Crippen LogP contribution in [0.3, 0.4) is 0 Å². The summed E-state index contributed by atoms with van der Waals surface area (Å²) in [5, 5.41) is 11.3. The van der Waals surface area contributed by atoms with Crippen LogP contribution in [-0.2, 0) is 0 Å². The molecule has 2 heterocycles. The number of fused-ring (bicyclic) bond motifs is 1. The lowest BCUT2D eigenvalue weighted by atomic mass is 10.3. The molecule has 0 unspecified atom stereocenters. The quantitative estimate of drug-likeness (QED) is 0.883. The van der Waals surface area contributed by atoms with Gasteiger partial charge in [0, 0.05) is 24.2 Å². The number of carbonyl (C=O) groups is 1. The van der Waals surface area contributed by atoms with Crippen molar-refractivity contribution in [1.82, 2.24) is 9.38 Å².